The molecule has 0 heterocycles. The van der Waals surface area contributed by atoms with Gasteiger partial charge < -0.3 is 26.7 Å². The van der Waals surface area contributed by atoms with Crippen molar-refractivity contribution in [2.24, 2.45) is 16.5 Å². The van der Waals surface area contributed by atoms with Crippen molar-refractivity contribution < 1.29 is 14.7 Å². The molecule has 0 aromatic heterocycles. The minimum Gasteiger partial charge on any atom is -0.508 e. The van der Waals surface area contributed by atoms with Gasteiger partial charge in [0.05, 0.1) is 0 Å². The SMILES string of the molecule is NC(N)=NCC(=O)NC(C=O)c1ccc(O)cc1. The zero-order valence-electron chi connectivity index (χ0n) is 9.54. The summed E-state index contributed by atoms with van der Waals surface area (Å²) in [4.78, 5) is 25.8. The van der Waals surface area contributed by atoms with Crippen LogP contribution in [0.1, 0.15) is 11.6 Å². The number of aldehydes is 1. The zero-order chi connectivity index (χ0) is 13.5. The first kappa shape index (κ1) is 13.5. The summed E-state index contributed by atoms with van der Waals surface area (Å²) in [6.07, 6.45) is 0.583. The maximum Gasteiger partial charge on any atom is 0.242 e. The van der Waals surface area contributed by atoms with Crippen LogP contribution in [0.5, 0.6) is 5.75 Å². The van der Waals surface area contributed by atoms with Crippen LogP contribution in [0.3, 0.4) is 0 Å². The monoisotopic (exact) mass is 250 g/mol. The maximum atomic E-state index is 11.4. The predicted octanol–water partition coefficient (Wildman–Crippen LogP) is -0.978. The molecule has 0 saturated heterocycles. The molecule has 0 aliphatic rings. The van der Waals surface area contributed by atoms with Gasteiger partial charge in [0.1, 0.15) is 24.6 Å². The highest BCUT2D eigenvalue weighted by Gasteiger charge is 2.13. The summed E-state index contributed by atoms with van der Waals surface area (Å²) >= 11 is 0. The van der Waals surface area contributed by atoms with Gasteiger partial charge in [0.2, 0.25) is 5.91 Å². The van der Waals surface area contributed by atoms with E-state index in [-0.39, 0.29) is 18.3 Å². The van der Waals surface area contributed by atoms with E-state index in [4.69, 9.17) is 16.6 Å². The smallest absolute Gasteiger partial charge is 0.242 e. The van der Waals surface area contributed by atoms with Gasteiger partial charge in [-0.25, -0.2) is 4.99 Å². The highest BCUT2D eigenvalue weighted by Crippen LogP contribution is 2.15. The minimum absolute atomic E-state index is 0.0789. The Kier molecular flexibility index (Phi) is 4.67. The van der Waals surface area contributed by atoms with Gasteiger partial charge in [0.15, 0.2) is 5.96 Å². The molecule has 7 heteroatoms. The van der Waals surface area contributed by atoms with Crippen molar-refractivity contribution in [1.82, 2.24) is 5.32 Å². The molecule has 0 spiro atoms. The number of nitrogens with one attached hydrogen (secondary N) is 1. The number of nitrogens with zero attached hydrogens (tertiary/aromatic N) is 1. The standard InChI is InChI=1S/C11H14N4O3/c12-11(13)14-5-10(18)15-9(6-16)7-1-3-8(17)4-2-7/h1-4,6,9,17H,5H2,(H,15,18)(H4,12,13,14). The Labute approximate surface area is 103 Å². The lowest BCUT2D eigenvalue weighted by atomic mass is 10.1. The number of hydrogen-bond donors (Lipinski definition) is 4. The number of aromatic hydroxyl groups is 1. The topological polar surface area (TPSA) is 131 Å². The second-order valence-electron chi connectivity index (χ2n) is 3.51. The Balaban J connectivity index is 2.67. The van der Waals surface area contributed by atoms with E-state index in [0.29, 0.717) is 11.8 Å². The summed E-state index contributed by atoms with van der Waals surface area (Å²) in [6, 6.07) is 5.12. The molecule has 18 heavy (non-hydrogen) atoms. The van der Waals surface area contributed by atoms with Crippen LogP contribution < -0.4 is 16.8 Å². The number of phenolic OH excluding ortho intramolecular Hbond substituents is 1. The average Bonchev–Trinajstić information content (AvgIpc) is 2.34. The summed E-state index contributed by atoms with van der Waals surface area (Å²) < 4.78 is 0. The number of hydrogen-bond acceptors (Lipinski definition) is 4. The molecule has 1 rings (SSSR count). The molecule has 1 aromatic carbocycles. The first-order chi connectivity index (χ1) is 8.52. The molecular weight excluding hydrogens is 236 g/mol. The van der Waals surface area contributed by atoms with Gasteiger partial charge >= 0.3 is 0 Å². The predicted molar refractivity (Wildman–Crippen MR) is 65.7 cm³/mol. The van der Waals surface area contributed by atoms with E-state index in [1.54, 1.807) is 0 Å². The fraction of sp³-hybridized carbons (Fsp3) is 0.182. The molecule has 0 aliphatic carbocycles. The highest BCUT2D eigenvalue weighted by molar-refractivity contribution is 5.85. The number of carbonyl (C=O) groups is 2. The van der Waals surface area contributed by atoms with E-state index in [9.17, 15) is 9.59 Å². The molecule has 1 aromatic rings. The van der Waals surface area contributed by atoms with Gasteiger partial charge in [-0.2, -0.15) is 0 Å². The molecule has 1 amide bonds. The number of benzene rings is 1. The van der Waals surface area contributed by atoms with Crippen LogP contribution in [0, 0.1) is 0 Å². The van der Waals surface area contributed by atoms with Crippen LogP contribution in [-0.2, 0) is 9.59 Å². The Morgan fingerprint density at radius 2 is 2.00 bits per heavy atom. The number of amides is 1. The summed E-state index contributed by atoms with van der Waals surface area (Å²) in [5, 5.41) is 11.6. The largest absolute Gasteiger partial charge is 0.508 e. The Hall–Kier alpha value is -2.57. The second kappa shape index (κ2) is 6.24. The second-order valence-corrected chi connectivity index (χ2v) is 3.51. The zero-order valence-corrected chi connectivity index (χ0v) is 9.54. The maximum absolute atomic E-state index is 11.4. The number of nitrogens with two attached hydrogens (primary N) is 2. The lowest BCUT2D eigenvalue weighted by Gasteiger charge is -2.12. The third-order valence-corrected chi connectivity index (χ3v) is 2.11. The fourth-order valence-corrected chi connectivity index (χ4v) is 1.26. The van der Waals surface area contributed by atoms with Crippen molar-refractivity contribution in [3.05, 3.63) is 29.8 Å². The third-order valence-electron chi connectivity index (χ3n) is 2.11. The van der Waals surface area contributed by atoms with E-state index >= 15 is 0 Å². The van der Waals surface area contributed by atoms with Crippen molar-refractivity contribution in [1.29, 1.82) is 0 Å². The van der Waals surface area contributed by atoms with Crippen molar-refractivity contribution in [2.75, 3.05) is 6.54 Å². The Morgan fingerprint density at radius 1 is 1.39 bits per heavy atom. The van der Waals surface area contributed by atoms with E-state index in [1.165, 1.54) is 24.3 Å². The molecule has 96 valence electrons. The molecule has 0 aliphatic heterocycles. The minimum atomic E-state index is -0.799. The molecule has 1 unspecified atom stereocenters. The van der Waals surface area contributed by atoms with E-state index in [0.717, 1.165) is 0 Å². The molecule has 0 radical (unpaired) electrons. The van der Waals surface area contributed by atoms with Crippen molar-refractivity contribution in [2.45, 2.75) is 6.04 Å². The van der Waals surface area contributed by atoms with Gasteiger partial charge in [-0.1, -0.05) is 12.1 Å². The number of rotatable bonds is 5. The van der Waals surface area contributed by atoms with Crippen LogP contribution >= 0.6 is 0 Å². The quantitative estimate of drug-likeness (QED) is 0.303. The van der Waals surface area contributed by atoms with Gasteiger partial charge in [-0.3, -0.25) is 4.79 Å². The highest BCUT2D eigenvalue weighted by atomic mass is 16.3. The molecule has 0 fully saturated rings. The number of guanidine groups is 1. The summed E-state index contributed by atoms with van der Waals surface area (Å²) in [5.74, 6) is -0.596. The van der Waals surface area contributed by atoms with Gasteiger partial charge in [0.25, 0.3) is 0 Å². The molecular formula is C11H14N4O3. The van der Waals surface area contributed by atoms with E-state index in [1.807, 2.05) is 0 Å². The van der Waals surface area contributed by atoms with Gasteiger partial charge in [-0.15, -0.1) is 0 Å². The van der Waals surface area contributed by atoms with Crippen molar-refractivity contribution in [3.8, 4) is 5.75 Å². The van der Waals surface area contributed by atoms with E-state index < -0.39 is 11.9 Å². The lowest BCUT2D eigenvalue weighted by Crippen LogP contribution is -2.33. The van der Waals surface area contributed by atoms with E-state index in [2.05, 4.69) is 10.3 Å². The summed E-state index contributed by atoms with van der Waals surface area (Å²) in [5.41, 5.74) is 10.7. The molecule has 1 atom stereocenters. The lowest BCUT2D eigenvalue weighted by molar-refractivity contribution is -0.122. The first-order valence-electron chi connectivity index (χ1n) is 5.12. The fourth-order valence-electron chi connectivity index (χ4n) is 1.26. The van der Waals surface area contributed by atoms with Crippen LogP contribution in [0.2, 0.25) is 0 Å². The normalized spacial score (nSPS) is 11.3. The number of carbonyl (C=O) groups excluding carboxylic acids is 2. The summed E-state index contributed by atoms with van der Waals surface area (Å²) in [7, 11) is 0. The molecule has 6 N–H and O–H groups in total. The molecule has 0 saturated carbocycles. The van der Waals surface area contributed by atoms with Crippen molar-refractivity contribution >= 4 is 18.2 Å². The average molecular weight is 250 g/mol. The number of phenols is 1. The van der Waals surface area contributed by atoms with Gasteiger partial charge in [0, 0.05) is 0 Å². The third kappa shape index (κ3) is 4.12. The van der Waals surface area contributed by atoms with Crippen LogP contribution in [0.15, 0.2) is 29.3 Å². The van der Waals surface area contributed by atoms with Crippen molar-refractivity contribution in [3.63, 3.8) is 0 Å². The number of aliphatic imine (C=N–C) groups is 1. The summed E-state index contributed by atoms with van der Waals surface area (Å²) in [6.45, 7) is -0.245. The first-order valence-corrected chi connectivity index (χ1v) is 5.12. The molecule has 7 nitrogen and oxygen atoms in total. The van der Waals surface area contributed by atoms with Crippen LogP contribution in [-0.4, -0.2) is 29.8 Å². The van der Waals surface area contributed by atoms with Crippen LogP contribution in [0.4, 0.5) is 0 Å². The Bertz CT molecular complexity index is 452. The van der Waals surface area contributed by atoms with Crippen LogP contribution in [0.25, 0.3) is 0 Å². The van der Waals surface area contributed by atoms with Gasteiger partial charge in [-0.05, 0) is 17.7 Å². The molecule has 0 bridgehead atoms. The Morgan fingerprint density at radius 3 is 2.50 bits per heavy atom.